The monoisotopic (exact) mass is 432 g/mol. The highest BCUT2D eigenvalue weighted by atomic mass is 32.2. The van der Waals surface area contributed by atoms with Gasteiger partial charge in [-0.3, -0.25) is 9.88 Å². The van der Waals surface area contributed by atoms with E-state index >= 15 is 0 Å². The van der Waals surface area contributed by atoms with E-state index in [0.717, 1.165) is 63.2 Å². The fraction of sp³-hybridized carbons (Fsp3) is 0.762. The Morgan fingerprint density at radius 2 is 1.90 bits per heavy atom. The third-order valence-electron chi connectivity index (χ3n) is 6.65. The van der Waals surface area contributed by atoms with E-state index in [1.165, 1.54) is 12.5 Å². The molecule has 164 valence electrons. The maximum atomic E-state index is 12.7. The molecule has 0 aromatic carbocycles. The van der Waals surface area contributed by atoms with E-state index < -0.39 is 21.7 Å². The number of sulfone groups is 1. The van der Waals surface area contributed by atoms with Crippen LogP contribution >= 0.6 is 0 Å². The molecule has 1 saturated heterocycles. The predicted octanol–water partition coefficient (Wildman–Crippen LogP) is 4.66. The van der Waals surface area contributed by atoms with E-state index in [-0.39, 0.29) is 17.1 Å². The van der Waals surface area contributed by atoms with Crippen LogP contribution in [-0.4, -0.2) is 49.4 Å². The Morgan fingerprint density at radius 1 is 1.21 bits per heavy atom. The predicted molar refractivity (Wildman–Crippen MR) is 107 cm³/mol. The van der Waals surface area contributed by atoms with E-state index in [9.17, 15) is 21.6 Å². The summed E-state index contributed by atoms with van der Waals surface area (Å²) < 4.78 is 61.2. The van der Waals surface area contributed by atoms with Crippen LogP contribution in [0.15, 0.2) is 18.3 Å². The lowest BCUT2D eigenvalue weighted by atomic mass is 9.76. The number of aromatic nitrogens is 1. The van der Waals surface area contributed by atoms with Gasteiger partial charge in [0.1, 0.15) is 15.5 Å². The molecule has 1 saturated carbocycles. The summed E-state index contributed by atoms with van der Waals surface area (Å²) in [5.41, 5.74) is 0.0971. The van der Waals surface area contributed by atoms with E-state index in [0.29, 0.717) is 12.5 Å². The van der Waals surface area contributed by atoms with Gasteiger partial charge in [0, 0.05) is 25.0 Å². The minimum atomic E-state index is -4.39. The van der Waals surface area contributed by atoms with Gasteiger partial charge >= 0.3 is 6.18 Å². The highest BCUT2D eigenvalue weighted by Crippen LogP contribution is 2.39. The lowest BCUT2D eigenvalue weighted by molar-refractivity contribution is -0.141. The van der Waals surface area contributed by atoms with Crippen molar-refractivity contribution in [2.45, 2.75) is 70.0 Å². The highest BCUT2D eigenvalue weighted by Gasteiger charge is 2.36. The highest BCUT2D eigenvalue weighted by molar-refractivity contribution is 7.90. The second-order valence-corrected chi connectivity index (χ2v) is 11.5. The zero-order valence-corrected chi connectivity index (χ0v) is 18.0. The quantitative estimate of drug-likeness (QED) is 0.679. The molecule has 2 heterocycles. The maximum absolute atomic E-state index is 12.7. The van der Waals surface area contributed by atoms with Crippen LogP contribution in [0.5, 0.6) is 0 Å². The van der Waals surface area contributed by atoms with Crippen LogP contribution in [0.3, 0.4) is 0 Å². The number of alkyl halides is 3. The Balaban J connectivity index is 1.55. The van der Waals surface area contributed by atoms with Crippen LogP contribution < -0.4 is 0 Å². The van der Waals surface area contributed by atoms with Gasteiger partial charge in [0.05, 0.1) is 5.75 Å². The van der Waals surface area contributed by atoms with Gasteiger partial charge in [-0.25, -0.2) is 8.42 Å². The molecule has 1 aliphatic carbocycles. The third-order valence-corrected chi connectivity index (χ3v) is 7.59. The molecule has 3 rings (SSSR count). The van der Waals surface area contributed by atoms with Crippen molar-refractivity contribution in [3.05, 3.63) is 29.6 Å². The zero-order chi connectivity index (χ0) is 21.3. The molecule has 1 atom stereocenters. The first-order valence-corrected chi connectivity index (χ1v) is 12.5. The molecule has 0 N–H and O–H groups in total. The number of hydrogen-bond donors (Lipinski definition) is 0. The van der Waals surface area contributed by atoms with Gasteiger partial charge in [-0.2, -0.15) is 13.2 Å². The van der Waals surface area contributed by atoms with Crippen molar-refractivity contribution >= 4 is 9.84 Å². The molecule has 1 aliphatic heterocycles. The van der Waals surface area contributed by atoms with E-state index in [4.69, 9.17) is 0 Å². The summed E-state index contributed by atoms with van der Waals surface area (Å²) in [5, 5.41) is 0. The molecule has 0 amide bonds. The normalized spacial score (nSPS) is 29.7. The first-order chi connectivity index (χ1) is 13.5. The van der Waals surface area contributed by atoms with Crippen molar-refractivity contribution in [3.8, 4) is 0 Å². The number of halogens is 3. The molecule has 8 heteroatoms. The van der Waals surface area contributed by atoms with E-state index in [1.54, 1.807) is 6.07 Å². The lowest BCUT2D eigenvalue weighted by Crippen LogP contribution is -2.48. The molecule has 4 nitrogen and oxygen atoms in total. The van der Waals surface area contributed by atoms with Gasteiger partial charge in [-0.05, 0) is 74.5 Å². The number of rotatable bonds is 5. The molecule has 29 heavy (non-hydrogen) atoms. The second kappa shape index (κ2) is 8.53. The van der Waals surface area contributed by atoms with E-state index in [1.807, 2.05) is 0 Å². The van der Waals surface area contributed by atoms with Crippen LogP contribution in [-0.2, 0) is 16.0 Å². The number of nitrogens with zero attached hydrogens (tertiary/aromatic N) is 2. The standard InChI is InChI=1S/C21H31F3N2O2S/c1-20(11-13-29(2,27)28)10-3-12-26(15-20)18-7-4-16(5-8-18)17-6-9-19(25-14-17)21(22,23)24/h6,9,14,16,18H,3-5,7-8,10-13,15H2,1-2H3/t16-,18+,20-/m1/s1. The van der Waals surface area contributed by atoms with Crippen molar-refractivity contribution in [2.75, 3.05) is 25.1 Å². The van der Waals surface area contributed by atoms with Crippen LogP contribution in [0.2, 0.25) is 0 Å². The van der Waals surface area contributed by atoms with Gasteiger partial charge < -0.3 is 0 Å². The summed E-state index contributed by atoms with van der Waals surface area (Å²) in [6, 6.07) is 3.13. The number of piperidine rings is 1. The smallest absolute Gasteiger partial charge is 0.300 e. The van der Waals surface area contributed by atoms with E-state index in [2.05, 4.69) is 16.8 Å². The first-order valence-electron chi connectivity index (χ1n) is 10.4. The number of hydrogen-bond acceptors (Lipinski definition) is 4. The molecule has 0 unspecified atom stereocenters. The summed E-state index contributed by atoms with van der Waals surface area (Å²) in [5.74, 6) is 0.507. The van der Waals surface area contributed by atoms with Crippen LogP contribution in [0.25, 0.3) is 0 Å². The Hall–Kier alpha value is -1.15. The molecular formula is C21H31F3N2O2S. The van der Waals surface area contributed by atoms with Crippen LogP contribution in [0.1, 0.15) is 69.0 Å². The average molecular weight is 433 g/mol. The molecule has 0 radical (unpaired) electrons. The average Bonchev–Trinajstić information content (AvgIpc) is 2.66. The minimum Gasteiger partial charge on any atom is -0.300 e. The zero-order valence-electron chi connectivity index (χ0n) is 17.2. The number of pyridine rings is 1. The topological polar surface area (TPSA) is 50.3 Å². The Morgan fingerprint density at radius 3 is 2.45 bits per heavy atom. The molecule has 2 fully saturated rings. The summed E-state index contributed by atoms with van der Waals surface area (Å²) in [6.45, 7) is 4.18. The Kier molecular flexibility index (Phi) is 6.63. The largest absolute Gasteiger partial charge is 0.433 e. The van der Waals surface area contributed by atoms with Gasteiger partial charge in [0.25, 0.3) is 0 Å². The van der Waals surface area contributed by atoms with Gasteiger partial charge in [0.2, 0.25) is 0 Å². The van der Waals surface area contributed by atoms with Crippen molar-refractivity contribution < 1.29 is 21.6 Å². The fourth-order valence-corrected chi connectivity index (χ4v) is 5.76. The van der Waals surface area contributed by atoms with Crippen molar-refractivity contribution in [2.24, 2.45) is 5.41 Å². The van der Waals surface area contributed by atoms with Crippen molar-refractivity contribution in [1.29, 1.82) is 0 Å². The second-order valence-electron chi connectivity index (χ2n) is 9.24. The molecule has 0 bridgehead atoms. The molecular weight excluding hydrogens is 401 g/mol. The molecule has 1 aromatic heterocycles. The van der Waals surface area contributed by atoms with Crippen molar-refractivity contribution in [3.63, 3.8) is 0 Å². The summed E-state index contributed by atoms with van der Waals surface area (Å²) in [4.78, 5) is 6.13. The summed E-state index contributed by atoms with van der Waals surface area (Å²) in [6.07, 6.45) is 5.09. The maximum Gasteiger partial charge on any atom is 0.433 e. The van der Waals surface area contributed by atoms with Crippen LogP contribution in [0.4, 0.5) is 13.2 Å². The van der Waals surface area contributed by atoms with Crippen molar-refractivity contribution in [1.82, 2.24) is 9.88 Å². The molecule has 1 aromatic rings. The first kappa shape index (κ1) is 22.5. The van der Waals surface area contributed by atoms with Gasteiger partial charge in [-0.1, -0.05) is 13.0 Å². The van der Waals surface area contributed by atoms with Crippen LogP contribution in [0, 0.1) is 5.41 Å². The Bertz CT molecular complexity index is 787. The lowest BCUT2D eigenvalue weighted by Gasteiger charge is -2.46. The van der Waals surface area contributed by atoms with Gasteiger partial charge in [-0.15, -0.1) is 0 Å². The fourth-order valence-electron chi connectivity index (χ4n) is 4.89. The third kappa shape index (κ3) is 6.17. The minimum absolute atomic E-state index is 0.0372. The van der Waals surface area contributed by atoms with Gasteiger partial charge in [0.15, 0.2) is 0 Å². The number of likely N-dealkylation sites (tertiary alicyclic amines) is 1. The molecule has 0 spiro atoms. The SMILES string of the molecule is C[C@]1(CCS(C)(=O)=O)CCCN([C@H]2CC[C@@H](c3ccc(C(F)(F)F)nc3)CC2)C1. The molecule has 2 aliphatic rings. The summed E-state index contributed by atoms with van der Waals surface area (Å²) >= 11 is 0. The Labute approximate surface area is 171 Å². The summed E-state index contributed by atoms with van der Waals surface area (Å²) in [7, 11) is -2.95.